The van der Waals surface area contributed by atoms with Crippen LogP contribution < -0.4 is 5.32 Å². The van der Waals surface area contributed by atoms with Crippen LogP contribution in [-0.4, -0.2) is 52.4 Å². The number of carboxylic acid groups (broad SMARTS) is 1. The number of hydrogen-bond acceptors (Lipinski definition) is 5. The van der Waals surface area contributed by atoms with Gasteiger partial charge in [-0.1, -0.05) is 0 Å². The summed E-state index contributed by atoms with van der Waals surface area (Å²) in [6, 6.07) is 1.70. The lowest BCUT2D eigenvalue weighted by molar-refractivity contribution is 0.0697. The summed E-state index contributed by atoms with van der Waals surface area (Å²) < 4.78 is 0. The summed E-state index contributed by atoms with van der Waals surface area (Å²) in [5, 5.41) is 19.8. The fraction of sp³-hybridized carbons (Fsp3) is 0.545. The molecule has 0 saturated carbocycles. The highest BCUT2D eigenvalue weighted by Gasteiger charge is 2.20. The highest BCUT2D eigenvalue weighted by Crippen LogP contribution is 2.16. The third-order valence-corrected chi connectivity index (χ3v) is 2.92. The predicted molar refractivity (Wildman–Crippen MR) is 63.1 cm³/mol. The topological polar surface area (TPSA) is 78.3 Å². The second-order valence-electron chi connectivity index (χ2n) is 4.34. The van der Waals surface area contributed by atoms with Gasteiger partial charge < -0.3 is 15.3 Å². The van der Waals surface area contributed by atoms with Gasteiger partial charge >= 0.3 is 5.97 Å². The maximum Gasteiger partial charge on any atom is 0.339 e. The first-order valence-corrected chi connectivity index (χ1v) is 5.67. The molecule has 6 nitrogen and oxygen atoms in total. The van der Waals surface area contributed by atoms with Gasteiger partial charge in [0.2, 0.25) is 0 Å². The van der Waals surface area contributed by atoms with Crippen LogP contribution in [0.1, 0.15) is 23.2 Å². The van der Waals surface area contributed by atoms with Crippen molar-refractivity contribution in [1.82, 2.24) is 15.1 Å². The van der Waals surface area contributed by atoms with Crippen molar-refractivity contribution >= 4 is 11.8 Å². The smallest absolute Gasteiger partial charge is 0.339 e. The van der Waals surface area contributed by atoms with Crippen molar-refractivity contribution in [2.45, 2.75) is 18.9 Å². The van der Waals surface area contributed by atoms with Gasteiger partial charge in [0.1, 0.15) is 5.56 Å². The van der Waals surface area contributed by atoms with E-state index in [1.807, 2.05) is 0 Å². The van der Waals surface area contributed by atoms with E-state index >= 15 is 0 Å². The molecule has 1 fully saturated rings. The zero-order valence-corrected chi connectivity index (χ0v) is 9.76. The van der Waals surface area contributed by atoms with Crippen LogP contribution in [0, 0.1) is 0 Å². The number of likely N-dealkylation sites (tertiary alicyclic amines) is 1. The molecule has 6 heteroatoms. The van der Waals surface area contributed by atoms with Crippen LogP contribution in [0.2, 0.25) is 0 Å². The number of carboxylic acids is 1. The number of aromatic nitrogens is 2. The zero-order valence-electron chi connectivity index (χ0n) is 9.76. The van der Waals surface area contributed by atoms with E-state index in [9.17, 15) is 4.79 Å². The summed E-state index contributed by atoms with van der Waals surface area (Å²) in [6.07, 6.45) is 3.53. The molecule has 0 bridgehead atoms. The van der Waals surface area contributed by atoms with Gasteiger partial charge in [0.05, 0.1) is 6.20 Å². The molecule has 0 aliphatic carbocycles. The van der Waals surface area contributed by atoms with Gasteiger partial charge in [0.25, 0.3) is 0 Å². The molecule has 92 valence electrons. The molecule has 1 saturated heterocycles. The minimum Gasteiger partial charge on any atom is -0.478 e. The fourth-order valence-electron chi connectivity index (χ4n) is 2.09. The summed E-state index contributed by atoms with van der Waals surface area (Å²) >= 11 is 0. The lowest BCUT2D eigenvalue weighted by Gasteiger charge is -2.30. The average molecular weight is 236 g/mol. The first kappa shape index (κ1) is 11.8. The largest absolute Gasteiger partial charge is 0.478 e. The summed E-state index contributed by atoms with van der Waals surface area (Å²) in [4.78, 5) is 13.2. The van der Waals surface area contributed by atoms with E-state index in [1.165, 1.54) is 12.3 Å². The standard InChI is InChI=1S/C11H16N4O2/c1-15-6-2-3-8(7-15)13-10-9(11(16)17)4-5-12-14-10/h4-5,8H,2-3,6-7H2,1H3,(H,13,14)(H,16,17). The van der Waals surface area contributed by atoms with E-state index < -0.39 is 5.97 Å². The molecule has 0 radical (unpaired) electrons. The SMILES string of the molecule is CN1CCCC(Nc2nnccc2C(=O)O)C1. The van der Waals surface area contributed by atoms with Crippen molar-refractivity contribution in [2.24, 2.45) is 0 Å². The van der Waals surface area contributed by atoms with Crippen molar-refractivity contribution in [1.29, 1.82) is 0 Å². The van der Waals surface area contributed by atoms with Crippen LogP contribution in [0.4, 0.5) is 5.82 Å². The summed E-state index contributed by atoms with van der Waals surface area (Å²) in [5.41, 5.74) is 0.174. The van der Waals surface area contributed by atoms with Gasteiger partial charge in [0.15, 0.2) is 5.82 Å². The molecule has 1 aromatic rings. The first-order valence-electron chi connectivity index (χ1n) is 5.67. The molecule has 2 rings (SSSR count). The third kappa shape index (κ3) is 2.91. The molecule has 1 aliphatic rings. The fourth-order valence-corrected chi connectivity index (χ4v) is 2.09. The molecule has 0 spiro atoms. The third-order valence-electron chi connectivity index (χ3n) is 2.92. The molecule has 1 unspecified atom stereocenters. The normalized spacial score (nSPS) is 21.1. The van der Waals surface area contributed by atoms with Crippen LogP contribution in [0.3, 0.4) is 0 Å². The Morgan fingerprint density at radius 1 is 1.65 bits per heavy atom. The van der Waals surface area contributed by atoms with Gasteiger partial charge in [-0.3, -0.25) is 0 Å². The first-order chi connectivity index (χ1) is 8.16. The minimum atomic E-state index is -0.980. The van der Waals surface area contributed by atoms with Crippen molar-refractivity contribution < 1.29 is 9.90 Å². The van der Waals surface area contributed by atoms with E-state index in [0.29, 0.717) is 5.82 Å². The Morgan fingerprint density at radius 3 is 3.18 bits per heavy atom. The van der Waals surface area contributed by atoms with E-state index in [0.717, 1.165) is 25.9 Å². The number of nitrogens with zero attached hydrogens (tertiary/aromatic N) is 3. The van der Waals surface area contributed by atoms with Crippen molar-refractivity contribution in [3.05, 3.63) is 17.8 Å². The Hall–Kier alpha value is -1.69. The molecule has 1 aromatic heterocycles. The Labute approximate surface area is 99.7 Å². The Balaban J connectivity index is 2.10. The quantitative estimate of drug-likeness (QED) is 0.803. The zero-order chi connectivity index (χ0) is 12.3. The van der Waals surface area contributed by atoms with Crippen LogP contribution in [-0.2, 0) is 0 Å². The summed E-state index contributed by atoms with van der Waals surface area (Å²) in [7, 11) is 2.06. The van der Waals surface area contributed by atoms with Crippen LogP contribution in [0.15, 0.2) is 12.3 Å². The number of piperidine rings is 1. The molecular formula is C11H16N4O2. The second kappa shape index (κ2) is 5.09. The molecular weight excluding hydrogens is 220 g/mol. The Morgan fingerprint density at radius 2 is 2.47 bits per heavy atom. The number of aromatic carboxylic acids is 1. The van der Waals surface area contributed by atoms with Gasteiger partial charge in [-0.15, -0.1) is 5.10 Å². The number of carbonyl (C=O) groups is 1. The van der Waals surface area contributed by atoms with Crippen LogP contribution in [0.25, 0.3) is 0 Å². The highest BCUT2D eigenvalue weighted by atomic mass is 16.4. The maximum atomic E-state index is 11.0. The van der Waals surface area contributed by atoms with E-state index in [4.69, 9.17) is 5.11 Å². The molecule has 0 aromatic carbocycles. The van der Waals surface area contributed by atoms with Crippen LogP contribution in [0.5, 0.6) is 0 Å². The van der Waals surface area contributed by atoms with Gasteiger partial charge in [-0.25, -0.2) is 4.79 Å². The average Bonchev–Trinajstić information content (AvgIpc) is 2.29. The van der Waals surface area contributed by atoms with E-state index in [-0.39, 0.29) is 11.6 Å². The summed E-state index contributed by atoms with van der Waals surface area (Å²) in [6.45, 7) is 1.99. The second-order valence-corrected chi connectivity index (χ2v) is 4.34. The van der Waals surface area contributed by atoms with Gasteiger partial charge in [-0.2, -0.15) is 5.10 Å². The highest BCUT2D eigenvalue weighted by molar-refractivity contribution is 5.92. The molecule has 2 heterocycles. The van der Waals surface area contributed by atoms with Crippen LogP contribution >= 0.6 is 0 Å². The summed E-state index contributed by atoms with van der Waals surface area (Å²) in [5.74, 6) is -0.619. The van der Waals surface area contributed by atoms with E-state index in [1.54, 1.807) is 0 Å². The van der Waals surface area contributed by atoms with Gasteiger partial charge in [-0.05, 0) is 32.5 Å². The molecule has 2 N–H and O–H groups in total. The number of anilines is 1. The number of rotatable bonds is 3. The Bertz CT molecular complexity index is 410. The minimum absolute atomic E-state index is 0.174. The number of hydrogen-bond donors (Lipinski definition) is 2. The lowest BCUT2D eigenvalue weighted by atomic mass is 10.1. The Kier molecular flexibility index (Phi) is 3.53. The predicted octanol–water partition coefficient (Wildman–Crippen LogP) is 0.681. The van der Waals surface area contributed by atoms with Crippen molar-refractivity contribution in [2.75, 3.05) is 25.5 Å². The number of likely N-dealkylation sites (N-methyl/N-ethyl adjacent to an activating group) is 1. The maximum absolute atomic E-state index is 11.0. The molecule has 1 atom stereocenters. The molecule has 1 aliphatic heterocycles. The molecule has 0 amide bonds. The number of nitrogens with one attached hydrogen (secondary N) is 1. The molecule has 17 heavy (non-hydrogen) atoms. The van der Waals surface area contributed by atoms with Gasteiger partial charge in [0, 0.05) is 12.6 Å². The van der Waals surface area contributed by atoms with Crippen molar-refractivity contribution in [3.63, 3.8) is 0 Å². The lowest BCUT2D eigenvalue weighted by Crippen LogP contribution is -2.40. The monoisotopic (exact) mass is 236 g/mol. The van der Waals surface area contributed by atoms with E-state index in [2.05, 4.69) is 27.5 Å². The van der Waals surface area contributed by atoms with Crippen molar-refractivity contribution in [3.8, 4) is 0 Å².